The fraction of sp³-hybridized carbons (Fsp3) is 0.500. The molecule has 94 valence electrons. The predicted octanol–water partition coefficient (Wildman–Crippen LogP) is 1.07. The molecule has 1 aromatic carbocycles. The minimum atomic E-state index is 0.0225. The number of hydrogen-bond donors (Lipinski definition) is 2. The molecule has 0 bridgehead atoms. The summed E-state index contributed by atoms with van der Waals surface area (Å²) in [6.45, 7) is 2.06. The normalized spacial score (nSPS) is 20.0. The van der Waals surface area contributed by atoms with Crippen LogP contribution in [0.5, 0.6) is 17.2 Å². The van der Waals surface area contributed by atoms with E-state index in [2.05, 4.69) is 5.32 Å². The first-order chi connectivity index (χ1) is 8.26. The molecule has 1 aromatic rings. The third-order valence-electron chi connectivity index (χ3n) is 2.80. The molecule has 0 radical (unpaired) electrons. The standard InChI is InChI=1S/C12H17NO4/c1-15-10-5-8(14)6-11(16-2)12(10)9-7-17-4-3-13-9/h5-6,9,13-14H,3-4,7H2,1-2H3/t9-/m1/s1. The molecule has 1 atom stereocenters. The number of benzene rings is 1. The maximum Gasteiger partial charge on any atom is 0.131 e. The van der Waals surface area contributed by atoms with Gasteiger partial charge in [-0.1, -0.05) is 0 Å². The summed E-state index contributed by atoms with van der Waals surface area (Å²) < 4.78 is 16.0. The van der Waals surface area contributed by atoms with Gasteiger partial charge in [-0.2, -0.15) is 0 Å². The summed E-state index contributed by atoms with van der Waals surface area (Å²) in [7, 11) is 3.14. The van der Waals surface area contributed by atoms with E-state index in [1.165, 1.54) is 0 Å². The van der Waals surface area contributed by atoms with Crippen LogP contribution in [0.15, 0.2) is 12.1 Å². The lowest BCUT2D eigenvalue weighted by Crippen LogP contribution is -2.35. The smallest absolute Gasteiger partial charge is 0.131 e. The van der Waals surface area contributed by atoms with Crippen molar-refractivity contribution in [2.75, 3.05) is 34.0 Å². The molecule has 0 saturated carbocycles. The Morgan fingerprint density at radius 1 is 1.29 bits per heavy atom. The van der Waals surface area contributed by atoms with Gasteiger partial charge < -0.3 is 24.6 Å². The zero-order valence-electron chi connectivity index (χ0n) is 10.0. The van der Waals surface area contributed by atoms with Crippen molar-refractivity contribution in [1.82, 2.24) is 5.32 Å². The Kier molecular flexibility index (Phi) is 3.71. The molecule has 1 heterocycles. The number of methoxy groups -OCH3 is 2. The molecule has 5 heteroatoms. The minimum Gasteiger partial charge on any atom is -0.508 e. The Balaban J connectivity index is 2.41. The fourth-order valence-corrected chi connectivity index (χ4v) is 2.02. The highest BCUT2D eigenvalue weighted by molar-refractivity contribution is 5.52. The van der Waals surface area contributed by atoms with Gasteiger partial charge in [0, 0.05) is 18.7 Å². The maximum atomic E-state index is 9.57. The summed E-state index contributed by atoms with van der Waals surface area (Å²) >= 11 is 0. The lowest BCUT2D eigenvalue weighted by Gasteiger charge is -2.27. The molecular weight excluding hydrogens is 222 g/mol. The van der Waals surface area contributed by atoms with Crippen LogP contribution in [0.1, 0.15) is 11.6 Å². The summed E-state index contributed by atoms with van der Waals surface area (Å²) in [4.78, 5) is 0. The average Bonchev–Trinajstić information content (AvgIpc) is 2.38. The van der Waals surface area contributed by atoms with Crippen LogP contribution in [0.25, 0.3) is 0 Å². The molecule has 0 aliphatic carbocycles. The van der Waals surface area contributed by atoms with Gasteiger partial charge in [0.15, 0.2) is 0 Å². The van der Waals surface area contributed by atoms with E-state index >= 15 is 0 Å². The van der Waals surface area contributed by atoms with Crippen molar-refractivity contribution in [3.05, 3.63) is 17.7 Å². The number of phenols is 1. The maximum absolute atomic E-state index is 9.57. The third kappa shape index (κ3) is 2.45. The molecule has 0 unspecified atom stereocenters. The van der Waals surface area contributed by atoms with Gasteiger partial charge in [-0.25, -0.2) is 0 Å². The van der Waals surface area contributed by atoms with Crippen LogP contribution in [-0.4, -0.2) is 39.1 Å². The minimum absolute atomic E-state index is 0.0225. The van der Waals surface area contributed by atoms with Crippen molar-refractivity contribution in [1.29, 1.82) is 0 Å². The van der Waals surface area contributed by atoms with E-state index in [4.69, 9.17) is 14.2 Å². The van der Waals surface area contributed by atoms with Crippen molar-refractivity contribution < 1.29 is 19.3 Å². The van der Waals surface area contributed by atoms with E-state index in [0.29, 0.717) is 24.7 Å². The summed E-state index contributed by atoms with van der Waals surface area (Å²) in [6.07, 6.45) is 0. The molecule has 0 spiro atoms. The van der Waals surface area contributed by atoms with E-state index < -0.39 is 0 Å². The number of hydrogen-bond acceptors (Lipinski definition) is 5. The SMILES string of the molecule is COc1cc(O)cc(OC)c1[C@H]1COCCN1. The summed E-state index contributed by atoms with van der Waals surface area (Å²) in [5.74, 6) is 1.33. The van der Waals surface area contributed by atoms with E-state index in [1.54, 1.807) is 26.4 Å². The molecule has 0 aromatic heterocycles. The number of phenolic OH excluding ortho intramolecular Hbond substituents is 1. The Morgan fingerprint density at radius 2 is 1.94 bits per heavy atom. The van der Waals surface area contributed by atoms with Gasteiger partial charge in [-0.3, -0.25) is 0 Å². The summed E-state index contributed by atoms with van der Waals surface area (Å²) in [5, 5.41) is 12.9. The van der Waals surface area contributed by atoms with Crippen LogP contribution in [0.2, 0.25) is 0 Å². The molecule has 2 rings (SSSR count). The Hall–Kier alpha value is -1.46. The first-order valence-corrected chi connectivity index (χ1v) is 5.52. The Labute approximate surface area is 100 Å². The molecular formula is C12H17NO4. The zero-order valence-corrected chi connectivity index (χ0v) is 10.0. The summed E-state index contributed by atoms with van der Waals surface area (Å²) in [5.41, 5.74) is 0.882. The van der Waals surface area contributed by atoms with Crippen molar-refractivity contribution in [3.63, 3.8) is 0 Å². The van der Waals surface area contributed by atoms with Gasteiger partial charge in [-0.05, 0) is 0 Å². The van der Waals surface area contributed by atoms with Gasteiger partial charge in [0.2, 0.25) is 0 Å². The highest BCUT2D eigenvalue weighted by atomic mass is 16.5. The van der Waals surface area contributed by atoms with Crippen molar-refractivity contribution >= 4 is 0 Å². The number of aromatic hydroxyl groups is 1. The van der Waals surface area contributed by atoms with E-state index in [1.807, 2.05) is 0 Å². The van der Waals surface area contributed by atoms with Gasteiger partial charge in [0.1, 0.15) is 17.2 Å². The number of ether oxygens (including phenoxy) is 3. The number of morpholine rings is 1. The third-order valence-corrected chi connectivity index (χ3v) is 2.80. The van der Waals surface area contributed by atoms with Crippen LogP contribution >= 0.6 is 0 Å². The lowest BCUT2D eigenvalue weighted by atomic mass is 10.0. The number of rotatable bonds is 3. The topological polar surface area (TPSA) is 60.0 Å². The lowest BCUT2D eigenvalue weighted by molar-refractivity contribution is 0.0751. The molecule has 2 N–H and O–H groups in total. The van der Waals surface area contributed by atoms with Crippen molar-refractivity contribution in [3.8, 4) is 17.2 Å². The van der Waals surface area contributed by atoms with Gasteiger partial charge in [-0.15, -0.1) is 0 Å². The quantitative estimate of drug-likeness (QED) is 0.826. The first-order valence-electron chi connectivity index (χ1n) is 5.52. The molecule has 1 saturated heterocycles. The van der Waals surface area contributed by atoms with Crippen molar-refractivity contribution in [2.24, 2.45) is 0 Å². The van der Waals surface area contributed by atoms with Crippen LogP contribution in [0, 0.1) is 0 Å². The first kappa shape index (κ1) is 12.0. The van der Waals surface area contributed by atoms with E-state index in [0.717, 1.165) is 12.1 Å². The Morgan fingerprint density at radius 3 is 2.41 bits per heavy atom. The van der Waals surface area contributed by atoms with Crippen LogP contribution in [-0.2, 0) is 4.74 Å². The van der Waals surface area contributed by atoms with Crippen LogP contribution < -0.4 is 14.8 Å². The second-order valence-corrected chi connectivity index (χ2v) is 3.85. The zero-order chi connectivity index (χ0) is 12.3. The largest absolute Gasteiger partial charge is 0.508 e. The molecule has 1 aliphatic heterocycles. The fourth-order valence-electron chi connectivity index (χ4n) is 2.02. The van der Waals surface area contributed by atoms with Crippen molar-refractivity contribution in [2.45, 2.75) is 6.04 Å². The van der Waals surface area contributed by atoms with Gasteiger partial charge >= 0.3 is 0 Å². The average molecular weight is 239 g/mol. The monoisotopic (exact) mass is 239 g/mol. The molecule has 1 fully saturated rings. The molecule has 1 aliphatic rings. The van der Waals surface area contributed by atoms with Crippen LogP contribution in [0.3, 0.4) is 0 Å². The molecule has 0 amide bonds. The predicted molar refractivity (Wildman–Crippen MR) is 62.8 cm³/mol. The van der Waals surface area contributed by atoms with E-state index in [-0.39, 0.29) is 11.8 Å². The second-order valence-electron chi connectivity index (χ2n) is 3.85. The number of nitrogens with one attached hydrogen (secondary N) is 1. The summed E-state index contributed by atoms with van der Waals surface area (Å²) in [6, 6.07) is 3.18. The molecule has 17 heavy (non-hydrogen) atoms. The second kappa shape index (κ2) is 5.25. The molecule has 5 nitrogen and oxygen atoms in total. The highest BCUT2D eigenvalue weighted by Gasteiger charge is 2.24. The van der Waals surface area contributed by atoms with E-state index in [9.17, 15) is 5.11 Å². The van der Waals surface area contributed by atoms with Gasteiger partial charge in [0.05, 0.1) is 39.0 Å². The van der Waals surface area contributed by atoms with Gasteiger partial charge in [0.25, 0.3) is 0 Å². The van der Waals surface area contributed by atoms with Crippen LogP contribution in [0.4, 0.5) is 0 Å². The Bertz CT molecular complexity index is 363. The highest BCUT2D eigenvalue weighted by Crippen LogP contribution is 2.38.